The summed E-state index contributed by atoms with van der Waals surface area (Å²) in [6.45, 7) is 2.02. The molecule has 1 aromatic heterocycles. The van der Waals surface area contributed by atoms with Gasteiger partial charge in [-0.25, -0.2) is 5.43 Å². The van der Waals surface area contributed by atoms with Gasteiger partial charge in [-0.1, -0.05) is 53.2 Å². The Hall–Kier alpha value is -3.62. The average molecular weight is 492 g/mol. The van der Waals surface area contributed by atoms with E-state index in [0.717, 1.165) is 28.1 Å². The van der Waals surface area contributed by atoms with E-state index in [9.17, 15) is 4.79 Å². The fraction of sp³-hybridized carbons (Fsp3) is 0.120. The summed E-state index contributed by atoms with van der Waals surface area (Å²) in [6, 6.07) is 22.8. The number of methoxy groups -OCH3 is 1. The van der Waals surface area contributed by atoms with Crippen molar-refractivity contribution in [3.05, 3.63) is 88.9 Å². The minimum atomic E-state index is -0.245. The highest BCUT2D eigenvalue weighted by Crippen LogP contribution is 2.29. The number of hydrazone groups is 1. The zero-order valence-corrected chi connectivity index (χ0v) is 20.2. The number of benzene rings is 3. The lowest BCUT2D eigenvalue weighted by atomic mass is 10.2. The standard InChI is InChI=1S/C25H22ClN5O2S/c1-17-3-5-18(6-4-17)15-27-28-23(32)16-34-25-30-29-24(19-7-13-22(33-2)14-8-19)31(25)21-11-9-20(26)10-12-21/h3-15H,16H2,1-2H3,(H,28,32)/b27-15+. The molecule has 1 heterocycles. The number of amides is 1. The summed E-state index contributed by atoms with van der Waals surface area (Å²) in [5.41, 5.74) is 6.32. The first-order valence-electron chi connectivity index (χ1n) is 10.4. The zero-order chi connectivity index (χ0) is 23.9. The highest BCUT2D eigenvalue weighted by molar-refractivity contribution is 7.99. The van der Waals surface area contributed by atoms with Gasteiger partial charge in [-0.3, -0.25) is 9.36 Å². The van der Waals surface area contributed by atoms with Gasteiger partial charge in [0.25, 0.3) is 5.91 Å². The lowest BCUT2D eigenvalue weighted by Crippen LogP contribution is -2.20. The number of hydrogen-bond acceptors (Lipinski definition) is 6. The van der Waals surface area contributed by atoms with E-state index >= 15 is 0 Å². The maximum atomic E-state index is 12.4. The van der Waals surface area contributed by atoms with E-state index in [-0.39, 0.29) is 11.7 Å². The van der Waals surface area contributed by atoms with Gasteiger partial charge in [-0.15, -0.1) is 10.2 Å². The fourth-order valence-electron chi connectivity index (χ4n) is 3.11. The molecule has 0 spiro atoms. The molecule has 34 heavy (non-hydrogen) atoms. The van der Waals surface area contributed by atoms with Crippen LogP contribution in [0.5, 0.6) is 5.75 Å². The van der Waals surface area contributed by atoms with Crippen LogP contribution < -0.4 is 10.2 Å². The molecule has 0 saturated heterocycles. The smallest absolute Gasteiger partial charge is 0.250 e. The van der Waals surface area contributed by atoms with E-state index < -0.39 is 0 Å². The third-order valence-corrected chi connectivity index (χ3v) is 6.06. The monoisotopic (exact) mass is 491 g/mol. The Bertz CT molecular complexity index is 1290. The van der Waals surface area contributed by atoms with Gasteiger partial charge in [0, 0.05) is 16.3 Å². The molecule has 3 aromatic carbocycles. The van der Waals surface area contributed by atoms with Crippen LogP contribution in [0, 0.1) is 6.92 Å². The Morgan fingerprint density at radius 3 is 2.44 bits per heavy atom. The molecule has 0 aliphatic heterocycles. The molecule has 0 bridgehead atoms. The first kappa shape index (κ1) is 23.5. The summed E-state index contributed by atoms with van der Waals surface area (Å²) in [5.74, 6) is 1.27. The number of halogens is 1. The van der Waals surface area contributed by atoms with Crippen LogP contribution in [0.4, 0.5) is 0 Å². The van der Waals surface area contributed by atoms with Gasteiger partial charge in [0.1, 0.15) is 5.75 Å². The summed E-state index contributed by atoms with van der Waals surface area (Å²) in [6.07, 6.45) is 1.61. The molecule has 0 aliphatic carbocycles. The number of rotatable bonds is 8. The molecule has 1 amide bonds. The number of carbonyl (C=O) groups is 1. The zero-order valence-electron chi connectivity index (χ0n) is 18.6. The highest BCUT2D eigenvalue weighted by atomic mass is 35.5. The number of aromatic nitrogens is 3. The van der Waals surface area contributed by atoms with E-state index in [0.29, 0.717) is 16.0 Å². The SMILES string of the molecule is COc1ccc(-c2nnc(SCC(=O)N/N=C/c3ccc(C)cc3)n2-c2ccc(Cl)cc2)cc1. The van der Waals surface area contributed by atoms with Crippen molar-refractivity contribution >= 4 is 35.5 Å². The predicted molar refractivity (Wildman–Crippen MR) is 136 cm³/mol. The number of carbonyl (C=O) groups excluding carboxylic acids is 1. The van der Waals surface area contributed by atoms with E-state index in [1.165, 1.54) is 11.8 Å². The van der Waals surface area contributed by atoms with Crippen LogP contribution >= 0.6 is 23.4 Å². The van der Waals surface area contributed by atoms with Crippen molar-refractivity contribution in [3.63, 3.8) is 0 Å². The fourth-order valence-corrected chi connectivity index (χ4v) is 3.98. The first-order valence-corrected chi connectivity index (χ1v) is 11.8. The van der Waals surface area contributed by atoms with Gasteiger partial charge in [0.05, 0.1) is 19.1 Å². The largest absolute Gasteiger partial charge is 0.497 e. The molecule has 0 radical (unpaired) electrons. The third-order valence-electron chi connectivity index (χ3n) is 4.88. The molecular weight excluding hydrogens is 470 g/mol. The number of nitrogens with zero attached hydrogens (tertiary/aromatic N) is 4. The normalized spacial score (nSPS) is 11.0. The van der Waals surface area contributed by atoms with Crippen molar-refractivity contribution in [3.8, 4) is 22.8 Å². The van der Waals surface area contributed by atoms with Crippen molar-refractivity contribution in [1.82, 2.24) is 20.2 Å². The first-order chi connectivity index (χ1) is 16.5. The van der Waals surface area contributed by atoms with Gasteiger partial charge >= 0.3 is 0 Å². The van der Waals surface area contributed by atoms with Gasteiger partial charge in [-0.2, -0.15) is 5.10 Å². The average Bonchev–Trinajstić information content (AvgIpc) is 3.28. The van der Waals surface area contributed by atoms with Gasteiger partial charge in [-0.05, 0) is 61.0 Å². The van der Waals surface area contributed by atoms with Crippen LogP contribution in [0.1, 0.15) is 11.1 Å². The van der Waals surface area contributed by atoms with Crippen LogP contribution in [0.25, 0.3) is 17.1 Å². The van der Waals surface area contributed by atoms with Crippen molar-refractivity contribution in [1.29, 1.82) is 0 Å². The summed E-state index contributed by atoms with van der Waals surface area (Å²) in [5, 5.41) is 14.0. The molecule has 0 atom stereocenters. The molecule has 172 valence electrons. The molecule has 0 unspecified atom stereocenters. The van der Waals surface area contributed by atoms with Gasteiger partial charge in [0.15, 0.2) is 11.0 Å². The second-order valence-electron chi connectivity index (χ2n) is 7.34. The molecule has 1 N–H and O–H groups in total. The second-order valence-corrected chi connectivity index (χ2v) is 8.72. The molecule has 0 saturated carbocycles. The van der Waals surface area contributed by atoms with Crippen LogP contribution in [0.3, 0.4) is 0 Å². The summed E-state index contributed by atoms with van der Waals surface area (Å²) >= 11 is 7.35. The van der Waals surface area contributed by atoms with Crippen LogP contribution in [-0.4, -0.2) is 39.7 Å². The molecule has 9 heteroatoms. The quantitative estimate of drug-likeness (QED) is 0.209. The maximum absolute atomic E-state index is 12.4. The van der Waals surface area contributed by atoms with E-state index in [2.05, 4.69) is 20.7 Å². The number of thioether (sulfide) groups is 1. The minimum Gasteiger partial charge on any atom is -0.497 e. The Morgan fingerprint density at radius 1 is 1.06 bits per heavy atom. The summed E-state index contributed by atoms with van der Waals surface area (Å²) in [7, 11) is 1.62. The van der Waals surface area contributed by atoms with Crippen LogP contribution in [0.15, 0.2) is 83.1 Å². The maximum Gasteiger partial charge on any atom is 0.250 e. The molecule has 7 nitrogen and oxygen atoms in total. The number of ether oxygens (including phenoxy) is 1. The van der Waals surface area contributed by atoms with E-state index in [4.69, 9.17) is 16.3 Å². The van der Waals surface area contributed by atoms with Crippen LogP contribution in [-0.2, 0) is 4.79 Å². The Balaban J connectivity index is 1.51. The summed E-state index contributed by atoms with van der Waals surface area (Å²) in [4.78, 5) is 12.4. The van der Waals surface area contributed by atoms with Gasteiger partial charge in [0.2, 0.25) is 0 Å². The molecule has 0 aliphatic rings. The molecule has 4 rings (SSSR count). The highest BCUT2D eigenvalue weighted by Gasteiger charge is 2.17. The molecular formula is C25H22ClN5O2S. The second kappa shape index (κ2) is 11.0. The topological polar surface area (TPSA) is 81.4 Å². The Morgan fingerprint density at radius 2 is 1.76 bits per heavy atom. The lowest BCUT2D eigenvalue weighted by molar-refractivity contribution is -0.118. The Labute approximate surface area is 206 Å². The van der Waals surface area contributed by atoms with E-state index in [1.807, 2.05) is 72.2 Å². The van der Waals surface area contributed by atoms with Crippen molar-refractivity contribution in [2.45, 2.75) is 12.1 Å². The number of nitrogens with one attached hydrogen (secondary N) is 1. The predicted octanol–water partition coefficient (Wildman–Crippen LogP) is 5.15. The van der Waals surface area contributed by atoms with Crippen molar-refractivity contribution in [2.75, 3.05) is 12.9 Å². The van der Waals surface area contributed by atoms with Crippen molar-refractivity contribution < 1.29 is 9.53 Å². The summed E-state index contributed by atoms with van der Waals surface area (Å²) < 4.78 is 7.15. The molecule has 4 aromatic rings. The van der Waals surface area contributed by atoms with Crippen molar-refractivity contribution in [2.24, 2.45) is 5.10 Å². The van der Waals surface area contributed by atoms with Gasteiger partial charge < -0.3 is 4.74 Å². The van der Waals surface area contributed by atoms with E-state index in [1.54, 1.807) is 25.5 Å². The van der Waals surface area contributed by atoms with Crippen LogP contribution in [0.2, 0.25) is 5.02 Å². The number of hydrogen-bond donors (Lipinski definition) is 1. The number of aryl methyl sites for hydroxylation is 1. The molecule has 0 fully saturated rings. The minimum absolute atomic E-state index is 0.125. The lowest BCUT2D eigenvalue weighted by Gasteiger charge is -2.11. The third kappa shape index (κ3) is 5.84. The Kier molecular flexibility index (Phi) is 7.61.